The van der Waals surface area contributed by atoms with Gasteiger partial charge in [0.25, 0.3) is 5.56 Å². The smallest absolute Gasteiger partial charge is 0.356 e. The Balaban J connectivity index is 1.86. The maximum Gasteiger partial charge on any atom is 0.356 e. The summed E-state index contributed by atoms with van der Waals surface area (Å²) in [5.74, 6) is -0.369. The molecule has 7 nitrogen and oxygen atoms in total. The van der Waals surface area contributed by atoms with Crippen molar-refractivity contribution in [1.29, 1.82) is 0 Å². The maximum absolute atomic E-state index is 13.2. The number of carbonyl (C=O) groups is 1. The summed E-state index contributed by atoms with van der Waals surface area (Å²) in [7, 11) is 1.79. The number of rotatable bonds is 5. The lowest BCUT2D eigenvalue weighted by Crippen LogP contribution is -2.38. The van der Waals surface area contributed by atoms with Crippen LogP contribution in [0.15, 0.2) is 29.1 Å². The zero-order valence-electron chi connectivity index (χ0n) is 18.0. The predicted molar refractivity (Wildman–Crippen MR) is 121 cm³/mol. The summed E-state index contributed by atoms with van der Waals surface area (Å²) >= 11 is 5.88. The number of halogens is 1. The second-order valence-corrected chi connectivity index (χ2v) is 9.05. The molecule has 0 spiro atoms. The molecule has 1 aromatic carbocycles. The molecule has 3 aromatic rings. The van der Waals surface area contributed by atoms with Gasteiger partial charge in [-0.15, -0.1) is 0 Å². The number of pyridine rings is 1. The van der Waals surface area contributed by atoms with E-state index in [0.29, 0.717) is 16.6 Å². The van der Waals surface area contributed by atoms with Crippen LogP contribution in [0.1, 0.15) is 66.6 Å². The molecule has 1 aliphatic rings. The highest BCUT2D eigenvalue weighted by Gasteiger charge is 2.37. The number of nitrogens with zero attached hydrogens (tertiary/aromatic N) is 3. The van der Waals surface area contributed by atoms with Gasteiger partial charge in [0.1, 0.15) is 11.0 Å². The van der Waals surface area contributed by atoms with E-state index in [1.165, 1.54) is 0 Å². The number of aromatic nitrogens is 3. The van der Waals surface area contributed by atoms with Gasteiger partial charge in [0.15, 0.2) is 5.69 Å². The van der Waals surface area contributed by atoms with Gasteiger partial charge in [0, 0.05) is 18.0 Å². The first-order chi connectivity index (χ1) is 14.6. The molecule has 2 N–H and O–H groups in total. The molecule has 1 saturated carbocycles. The minimum atomic E-state index is -1.17. The number of aryl methyl sites for hydroxylation is 1. The highest BCUT2D eigenvalue weighted by atomic mass is 35.5. The molecule has 0 saturated heterocycles. The van der Waals surface area contributed by atoms with Crippen molar-refractivity contribution in [3.05, 3.63) is 62.4 Å². The molecule has 162 valence electrons. The van der Waals surface area contributed by atoms with E-state index in [4.69, 9.17) is 16.6 Å². The number of hydrogen-bond donors (Lipinski definition) is 2. The van der Waals surface area contributed by atoms with Gasteiger partial charge in [-0.05, 0) is 50.5 Å². The molecule has 1 aliphatic carbocycles. The van der Waals surface area contributed by atoms with Crippen molar-refractivity contribution in [1.82, 2.24) is 14.5 Å². The first kappa shape index (κ1) is 21.3. The Labute approximate surface area is 185 Å². The molecule has 0 radical (unpaired) electrons. The predicted octanol–water partition coefficient (Wildman–Crippen LogP) is 4.60. The summed E-state index contributed by atoms with van der Waals surface area (Å²) in [6, 6.07) is 6.68. The molecule has 0 aliphatic heterocycles. The van der Waals surface area contributed by atoms with Crippen molar-refractivity contribution in [3.8, 4) is 0 Å². The number of carboxylic acids is 1. The van der Waals surface area contributed by atoms with Gasteiger partial charge >= 0.3 is 5.97 Å². The van der Waals surface area contributed by atoms with E-state index >= 15 is 0 Å². The minimum absolute atomic E-state index is 0.0651. The monoisotopic (exact) mass is 440 g/mol. The fourth-order valence-electron chi connectivity index (χ4n) is 4.38. The second-order valence-electron chi connectivity index (χ2n) is 8.67. The van der Waals surface area contributed by atoms with Crippen molar-refractivity contribution >= 4 is 34.2 Å². The van der Waals surface area contributed by atoms with Crippen LogP contribution in [-0.2, 0) is 12.5 Å². The summed E-state index contributed by atoms with van der Waals surface area (Å²) in [4.78, 5) is 33.7. The van der Waals surface area contributed by atoms with E-state index in [9.17, 15) is 14.7 Å². The number of anilines is 1. The van der Waals surface area contributed by atoms with Crippen LogP contribution >= 0.6 is 11.6 Å². The van der Waals surface area contributed by atoms with Crippen LogP contribution in [0.3, 0.4) is 0 Å². The molecule has 1 fully saturated rings. The van der Waals surface area contributed by atoms with Gasteiger partial charge in [-0.25, -0.2) is 14.8 Å². The van der Waals surface area contributed by atoms with Crippen molar-refractivity contribution in [2.45, 2.75) is 51.5 Å². The van der Waals surface area contributed by atoms with Gasteiger partial charge in [-0.2, -0.15) is 0 Å². The Morgan fingerprint density at radius 1 is 1.29 bits per heavy atom. The Kier molecular flexibility index (Phi) is 5.25. The van der Waals surface area contributed by atoms with Gasteiger partial charge < -0.3 is 10.4 Å². The Morgan fingerprint density at radius 2 is 2.00 bits per heavy atom. The molecule has 2 heterocycles. The quantitative estimate of drug-likeness (QED) is 0.562. The van der Waals surface area contributed by atoms with E-state index < -0.39 is 5.97 Å². The Bertz CT molecular complexity index is 1260. The number of aromatic carboxylic acids is 1. The topological polar surface area (TPSA) is 97.1 Å². The highest BCUT2D eigenvalue weighted by Crippen LogP contribution is 2.42. The molecule has 4 rings (SSSR count). The number of carboxylic acid groups (broad SMARTS) is 1. The standard InChI is InChI=1S/C23H25ClN4O3/c1-12-10-14(13(2)25-16-6-7-17(24)26-19(16)21(30)31)18-15(11-12)20(29)28(4)22(27-18)23(3)8-5-9-23/h6-7,10-11,13,25H,5,8-9H2,1-4H3,(H,30,31). The normalized spacial score (nSPS) is 16.0. The molecule has 8 heteroatoms. The zero-order chi connectivity index (χ0) is 22.5. The lowest BCUT2D eigenvalue weighted by atomic mass is 9.69. The summed E-state index contributed by atoms with van der Waals surface area (Å²) in [5.41, 5.74) is 2.46. The van der Waals surface area contributed by atoms with Crippen LogP contribution in [0.4, 0.5) is 5.69 Å². The van der Waals surface area contributed by atoms with Crippen molar-refractivity contribution in [2.24, 2.45) is 7.05 Å². The van der Waals surface area contributed by atoms with Gasteiger partial charge in [0.05, 0.1) is 22.6 Å². The van der Waals surface area contributed by atoms with E-state index in [0.717, 1.165) is 36.2 Å². The number of hydrogen-bond acceptors (Lipinski definition) is 5. The summed E-state index contributed by atoms with van der Waals surface area (Å²) in [5, 5.41) is 13.4. The molecule has 31 heavy (non-hydrogen) atoms. The average molecular weight is 441 g/mol. The zero-order valence-corrected chi connectivity index (χ0v) is 18.7. The second kappa shape index (κ2) is 7.64. The van der Waals surface area contributed by atoms with Gasteiger partial charge in [0.2, 0.25) is 0 Å². The lowest BCUT2D eigenvalue weighted by molar-refractivity contribution is 0.0691. The Morgan fingerprint density at radius 3 is 2.61 bits per heavy atom. The Hall–Kier alpha value is -2.93. The van der Waals surface area contributed by atoms with Crippen molar-refractivity contribution in [3.63, 3.8) is 0 Å². The molecule has 1 atom stereocenters. The van der Waals surface area contributed by atoms with E-state index in [-0.39, 0.29) is 27.9 Å². The first-order valence-corrected chi connectivity index (χ1v) is 10.7. The number of nitrogens with one attached hydrogen (secondary N) is 1. The number of benzene rings is 1. The van der Waals surface area contributed by atoms with Gasteiger partial charge in [-0.3, -0.25) is 9.36 Å². The largest absolute Gasteiger partial charge is 0.476 e. The van der Waals surface area contributed by atoms with E-state index in [1.807, 2.05) is 26.0 Å². The van der Waals surface area contributed by atoms with E-state index in [1.54, 1.807) is 23.7 Å². The van der Waals surface area contributed by atoms with E-state index in [2.05, 4.69) is 17.2 Å². The first-order valence-electron chi connectivity index (χ1n) is 10.3. The number of fused-ring (bicyclic) bond motifs is 1. The summed E-state index contributed by atoms with van der Waals surface area (Å²) in [6.45, 7) is 6.00. The SMILES string of the molecule is Cc1cc(C(C)Nc2ccc(Cl)nc2C(=O)O)c2nc(C3(C)CCC3)n(C)c(=O)c2c1. The molecular formula is C23H25ClN4O3. The maximum atomic E-state index is 13.2. The molecule has 0 amide bonds. The minimum Gasteiger partial charge on any atom is -0.476 e. The fourth-order valence-corrected chi connectivity index (χ4v) is 4.53. The van der Waals surface area contributed by atoms with Crippen LogP contribution in [-0.4, -0.2) is 25.6 Å². The fraction of sp³-hybridized carbons (Fsp3) is 0.391. The van der Waals surface area contributed by atoms with Crippen LogP contribution in [0, 0.1) is 6.92 Å². The van der Waals surface area contributed by atoms with Crippen LogP contribution in [0.2, 0.25) is 5.15 Å². The molecular weight excluding hydrogens is 416 g/mol. The third kappa shape index (κ3) is 3.67. The highest BCUT2D eigenvalue weighted by molar-refractivity contribution is 6.29. The molecule has 0 bridgehead atoms. The van der Waals surface area contributed by atoms with Crippen molar-refractivity contribution in [2.75, 3.05) is 5.32 Å². The van der Waals surface area contributed by atoms with Gasteiger partial charge in [-0.1, -0.05) is 31.0 Å². The molecule has 1 unspecified atom stereocenters. The third-order valence-corrected chi connectivity index (χ3v) is 6.46. The summed E-state index contributed by atoms with van der Waals surface area (Å²) in [6.07, 6.45) is 3.14. The van der Waals surface area contributed by atoms with Crippen molar-refractivity contribution < 1.29 is 9.90 Å². The molecule has 2 aromatic heterocycles. The van der Waals surface area contributed by atoms with Crippen LogP contribution < -0.4 is 10.9 Å². The summed E-state index contributed by atoms with van der Waals surface area (Å²) < 4.78 is 1.68. The third-order valence-electron chi connectivity index (χ3n) is 6.25. The van der Waals surface area contributed by atoms with Crippen LogP contribution in [0.25, 0.3) is 10.9 Å². The van der Waals surface area contributed by atoms with Crippen LogP contribution in [0.5, 0.6) is 0 Å². The lowest BCUT2D eigenvalue weighted by Gasteiger charge is -2.38. The average Bonchev–Trinajstić information content (AvgIpc) is 2.69.